The number of rotatable bonds is 7. The zero-order chi connectivity index (χ0) is 32.5. The maximum Gasteiger partial charge on any atom is 0.411 e. The van der Waals surface area contributed by atoms with Crippen molar-refractivity contribution in [2.75, 3.05) is 31.8 Å². The van der Waals surface area contributed by atoms with Gasteiger partial charge in [0.2, 0.25) is 0 Å². The first-order valence-electron chi connectivity index (χ1n) is 14.0. The van der Waals surface area contributed by atoms with E-state index in [1.807, 2.05) is 19.9 Å². The zero-order valence-electron chi connectivity index (χ0n) is 24.5. The molecule has 0 unspecified atom stereocenters. The van der Waals surface area contributed by atoms with E-state index in [1.165, 1.54) is 0 Å². The molecule has 5 rings (SSSR count). The van der Waals surface area contributed by atoms with E-state index in [2.05, 4.69) is 15.3 Å². The van der Waals surface area contributed by atoms with Gasteiger partial charge in [0.05, 0.1) is 31.5 Å². The van der Waals surface area contributed by atoms with Crippen LogP contribution >= 0.6 is 0 Å². The first-order chi connectivity index (χ1) is 21.4. The lowest BCUT2D eigenvalue weighted by molar-refractivity contribution is -0.167. The van der Waals surface area contributed by atoms with Gasteiger partial charge in [0.25, 0.3) is 5.91 Å². The van der Waals surface area contributed by atoms with Gasteiger partial charge in [0, 0.05) is 42.0 Å². The molecule has 2 atom stereocenters. The number of halogens is 5. The molecule has 8 nitrogen and oxygen atoms in total. The van der Waals surface area contributed by atoms with Gasteiger partial charge in [0.1, 0.15) is 29.3 Å². The largest absolute Gasteiger partial charge is 0.467 e. The number of morpholine rings is 1. The summed E-state index contributed by atoms with van der Waals surface area (Å²) < 4.78 is 80.8. The van der Waals surface area contributed by atoms with Crippen LogP contribution in [-0.4, -0.2) is 67.0 Å². The van der Waals surface area contributed by atoms with Crippen molar-refractivity contribution in [1.82, 2.24) is 15.3 Å². The number of aromatic nitrogens is 2. The highest BCUT2D eigenvalue weighted by Crippen LogP contribution is 2.34. The number of aryl methyl sites for hydroxylation is 1. The van der Waals surface area contributed by atoms with Crippen LogP contribution in [-0.2, 0) is 20.7 Å². The number of fused-ring (bicyclic) bond motifs is 1. The van der Waals surface area contributed by atoms with Gasteiger partial charge in [0.15, 0.2) is 0 Å². The molecule has 1 saturated heterocycles. The van der Waals surface area contributed by atoms with Gasteiger partial charge in [-0.3, -0.25) is 14.8 Å². The standard InChI is InChI=1S/C32H29F5N4O4/c1-17-8-10-39-28(18(17)2)22-7-6-19(21-5-4-9-38-29(21)22)13-25(31(43)44-3)40-30(42)27-23(33)14-20(15-24(27)34)41-11-12-45-16-26(41)32(35,36)37/h4-10,14-15,25-26H,11-13,16H2,1-3H3,(H,40,42)/t25-,26+/m0/s1. The van der Waals surface area contributed by atoms with Crippen molar-refractivity contribution in [3.63, 3.8) is 0 Å². The number of hydrogen-bond donors (Lipinski definition) is 1. The Hall–Kier alpha value is -4.65. The minimum atomic E-state index is -4.72. The third-order valence-corrected chi connectivity index (χ3v) is 7.90. The Morgan fingerprint density at radius 1 is 1.09 bits per heavy atom. The second-order valence-electron chi connectivity index (χ2n) is 10.6. The Morgan fingerprint density at radius 3 is 2.51 bits per heavy atom. The number of nitrogens with one attached hydrogen (secondary N) is 1. The first kappa shape index (κ1) is 31.8. The molecule has 13 heteroatoms. The van der Waals surface area contributed by atoms with Gasteiger partial charge in [-0.15, -0.1) is 0 Å². The summed E-state index contributed by atoms with van der Waals surface area (Å²) in [5.41, 5.74) is 3.24. The molecule has 4 aromatic rings. The molecule has 0 aliphatic carbocycles. The van der Waals surface area contributed by atoms with Gasteiger partial charge in [-0.1, -0.05) is 18.2 Å². The number of benzene rings is 2. The van der Waals surface area contributed by atoms with Crippen LogP contribution in [0.1, 0.15) is 27.0 Å². The maximum atomic E-state index is 15.2. The number of carbonyl (C=O) groups is 2. The van der Waals surface area contributed by atoms with Gasteiger partial charge in [-0.25, -0.2) is 13.6 Å². The highest BCUT2D eigenvalue weighted by Gasteiger charge is 2.46. The Kier molecular flexibility index (Phi) is 9.01. The zero-order valence-corrected chi connectivity index (χ0v) is 24.5. The molecule has 1 aliphatic heterocycles. The Balaban J connectivity index is 1.44. The summed E-state index contributed by atoms with van der Waals surface area (Å²) in [6.07, 6.45) is -1.53. The van der Waals surface area contributed by atoms with E-state index in [1.54, 1.807) is 36.7 Å². The molecular formula is C32H29F5N4O4. The average molecular weight is 629 g/mol. The van der Waals surface area contributed by atoms with Crippen molar-refractivity contribution in [3.8, 4) is 11.3 Å². The fourth-order valence-electron chi connectivity index (χ4n) is 5.42. The number of anilines is 1. The van der Waals surface area contributed by atoms with Crippen molar-refractivity contribution in [2.24, 2.45) is 0 Å². The normalized spacial score (nSPS) is 16.0. The van der Waals surface area contributed by atoms with Gasteiger partial charge >= 0.3 is 12.1 Å². The average Bonchev–Trinajstić information content (AvgIpc) is 3.01. The number of carbonyl (C=O) groups excluding carboxylic acids is 2. The quantitative estimate of drug-likeness (QED) is 0.214. The van der Waals surface area contributed by atoms with E-state index in [-0.39, 0.29) is 19.6 Å². The molecule has 45 heavy (non-hydrogen) atoms. The monoisotopic (exact) mass is 628 g/mol. The molecule has 2 aromatic carbocycles. The van der Waals surface area contributed by atoms with Gasteiger partial charge in [-0.2, -0.15) is 13.2 Å². The molecule has 1 fully saturated rings. The number of nitrogens with zero attached hydrogens (tertiary/aromatic N) is 3. The summed E-state index contributed by atoms with van der Waals surface area (Å²) >= 11 is 0. The molecule has 2 aromatic heterocycles. The summed E-state index contributed by atoms with van der Waals surface area (Å²) in [7, 11) is 1.10. The summed E-state index contributed by atoms with van der Waals surface area (Å²) in [5, 5.41) is 2.99. The highest BCUT2D eigenvalue weighted by atomic mass is 19.4. The Morgan fingerprint density at radius 2 is 1.82 bits per heavy atom. The fourth-order valence-corrected chi connectivity index (χ4v) is 5.42. The molecular weight excluding hydrogens is 599 g/mol. The maximum absolute atomic E-state index is 15.2. The van der Waals surface area contributed by atoms with Gasteiger partial charge in [-0.05, 0) is 54.8 Å². The lowest BCUT2D eigenvalue weighted by Crippen LogP contribution is -2.53. The lowest BCUT2D eigenvalue weighted by Gasteiger charge is -2.38. The minimum Gasteiger partial charge on any atom is -0.467 e. The molecule has 3 heterocycles. The van der Waals surface area contributed by atoms with Crippen LogP contribution < -0.4 is 10.2 Å². The SMILES string of the molecule is COC(=O)[C@H](Cc1ccc(-c2nccc(C)c2C)c2ncccc12)NC(=O)c1c(F)cc(N2CCOC[C@@H]2C(F)(F)F)cc1F. The second kappa shape index (κ2) is 12.8. The smallest absolute Gasteiger partial charge is 0.411 e. The summed E-state index contributed by atoms with van der Waals surface area (Å²) in [6.45, 7) is 2.87. The third kappa shape index (κ3) is 6.44. The van der Waals surface area contributed by atoms with Crippen LogP contribution in [0.4, 0.5) is 27.6 Å². The molecule has 236 valence electrons. The fraction of sp³-hybridized carbons (Fsp3) is 0.312. The summed E-state index contributed by atoms with van der Waals surface area (Å²) in [4.78, 5) is 35.8. The first-order valence-corrected chi connectivity index (χ1v) is 14.0. The topological polar surface area (TPSA) is 93.7 Å². The molecule has 1 aliphatic rings. The summed E-state index contributed by atoms with van der Waals surface area (Å²) in [6, 6.07) is 6.78. The number of hydrogen-bond acceptors (Lipinski definition) is 7. The number of amides is 1. The molecule has 1 N–H and O–H groups in total. The molecule has 0 saturated carbocycles. The number of methoxy groups -OCH3 is 1. The van der Waals surface area contributed by atoms with E-state index in [0.717, 1.165) is 34.4 Å². The van der Waals surface area contributed by atoms with Crippen molar-refractivity contribution >= 4 is 28.5 Å². The van der Waals surface area contributed by atoms with Crippen molar-refractivity contribution in [3.05, 3.63) is 88.7 Å². The predicted octanol–water partition coefficient (Wildman–Crippen LogP) is 5.47. The predicted molar refractivity (Wildman–Crippen MR) is 156 cm³/mol. The van der Waals surface area contributed by atoms with Crippen LogP contribution in [0.3, 0.4) is 0 Å². The lowest BCUT2D eigenvalue weighted by atomic mass is 9.95. The second-order valence-corrected chi connectivity index (χ2v) is 10.6. The van der Waals surface area contributed by atoms with Crippen LogP contribution in [0.25, 0.3) is 22.2 Å². The van der Waals surface area contributed by atoms with E-state index >= 15 is 8.78 Å². The number of alkyl halides is 3. The number of esters is 1. The van der Waals surface area contributed by atoms with Crippen molar-refractivity contribution in [1.29, 1.82) is 0 Å². The summed E-state index contributed by atoms with van der Waals surface area (Å²) in [5.74, 6) is -4.93. The third-order valence-electron chi connectivity index (χ3n) is 7.90. The van der Waals surface area contributed by atoms with E-state index in [4.69, 9.17) is 9.47 Å². The van der Waals surface area contributed by atoms with Crippen LogP contribution in [0.15, 0.2) is 54.9 Å². The van der Waals surface area contributed by atoms with E-state index < -0.39 is 59.6 Å². The van der Waals surface area contributed by atoms with Crippen molar-refractivity contribution in [2.45, 2.75) is 38.5 Å². The molecule has 0 bridgehead atoms. The molecule has 0 spiro atoms. The van der Waals surface area contributed by atoms with Crippen LogP contribution in [0.5, 0.6) is 0 Å². The molecule has 1 amide bonds. The van der Waals surface area contributed by atoms with Crippen molar-refractivity contribution < 1.29 is 41.0 Å². The highest BCUT2D eigenvalue weighted by molar-refractivity contribution is 5.99. The van der Waals surface area contributed by atoms with Crippen LogP contribution in [0, 0.1) is 25.5 Å². The van der Waals surface area contributed by atoms with Crippen LogP contribution in [0.2, 0.25) is 0 Å². The van der Waals surface area contributed by atoms with Gasteiger partial charge < -0.3 is 19.7 Å². The number of ether oxygens (including phenoxy) is 2. The Bertz CT molecular complexity index is 1740. The molecule has 0 radical (unpaired) electrons. The Labute approximate surface area is 255 Å². The number of pyridine rings is 2. The van der Waals surface area contributed by atoms with E-state index in [0.29, 0.717) is 28.6 Å². The minimum absolute atomic E-state index is 0.0782. The van der Waals surface area contributed by atoms with E-state index in [9.17, 15) is 22.8 Å².